The molecule has 0 saturated carbocycles. The first-order chi connectivity index (χ1) is 16.0. The second kappa shape index (κ2) is 9.44. The molecule has 1 N–H and O–H groups in total. The summed E-state index contributed by atoms with van der Waals surface area (Å²) in [6.45, 7) is 3.95. The highest BCUT2D eigenvalue weighted by Gasteiger charge is 2.29. The number of likely N-dealkylation sites (tertiary alicyclic amines) is 1. The van der Waals surface area contributed by atoms with Crippen LogP contribution in [0.5, 0.6) is 0 Å². The highest BCUT2D eigenvalue weighted by Crippen LogP contribution is 2.32. The predicted octanol–water partition coefficient (Wildman–Crippen LogP) is 3.87. The first kappa shape index (κ1) is 22.4. The fourth-order valence-corrected chi connectivity index (χ4v) is 6.20. The highest BCUT2D eigenvalue weighted by molar-refractivity contribution is 7.16. The molecule has 1 saturated heterocycles. The van der Waals surface area contributed by atoms with Crippen LogP contribution in [-0.4, -0.2) is 62.5 Å². The van der Waals surface area contributed by atoms with Gasteiger partial charge >= 0.3 is 5.97 Å². The molecule has 1 fully saturated rings. The molecule has 3 aromatic heterocycles. The van der Waals surface area contributed by atoms with E-state index in [0.29, 0.717) is 26.2 Å². The number of carboxylic acid groups (broad SMARTS) is 1. The van der Waals surface area contributed by atoms with Gasteiger partial charge in [0.15, 0.2) is 0 Å². The number of thiophene rings is 1. The minimum absolute atomic E-state index is 0.140. The summed E-state index contributed by atoms with van der Waals surface area (Å²) < 4.78 is 3.01. The number of aromatic nitrogens is 2. The fourth-order valence-electron chi connectivity index (χ4n) is 5.12. The van der Waals surface area contributed by atoms with Crippen LogP contribution < -0.4 is 0 Å². The number of carboxylic acids is 1. The molecule has 5 rings (SSSR count). The van der Waals surface area contributed by atoms with Crippen LogP contribution in [-0.2, 0) is 29.1 Å². The molecule has 3 aromatic rings. The Morgan fingerprint density at radius 2 is 2.00 bits per heavy atom. The predicted molar refractivity (Wildman–Crippen MR) is 129 cm³/mol. The standard InChI is InChI=1S/C24H27ClN4O3S/c25-21-4-3-17(33-21)13-29-20-14-28(11-7-18(20)19-2-1-8-26-24(19)29)22(30)15-27-9-5-16(6-10-27)12-23(31)32/h1-4,8,16H,5-7,9-15H2,(H,31,32). The smallest absolute Gasteiger partial charge is 0.303 e. The largest absolute Gasteiger partial charge is 0.481 e. The Hall–Kier alpha value is -2.42. The molecule has 0 bridgehead atoms. The number of hydrogen-bond acceptors (Lipinski definition) is 5. The van der Waals surface area contributed by atoms with Gasteiger partial charge in [0.1, 0.15) is 5.65 Å². The third-order valence-electron chi connectivity index (χ3n) is 6.84. The maximum absolute atomic E-state index is 13.2. The van der Waals surface area contributed by atoms with E-state index in [2.05, 4.69) is 20.5 Å². The summed E-state index contributed by atoms with van der Waals surface area (Å²) in [6, 6.07) is 8.06. The topological polar surface area (TPSA) is 78.7 Å². The summed E-state index contributed by atoms with van der Waals surface area (Å²) in [4.78, 5) is 34.1. The SMILES string of the molecule is O=C(O)CC1CCN(CC(=O)N2CCc3c(n(Cc4ccc(Cl)s4)c4ncccc34)C2)CC1. The van der Waals surface area contributed by atoms with Crippen LogP contribution in [0.3, 0.4) is 0 Å². The molecule has 2 aliphatic rings. The molecule has 0 aromatic carbocycles. The summed E-state index contributed by atoms with van der Waals surface area (Å²) in [5, 5.41) is 10.2. The van der Waals surface area contributed by atoms with Crippen LogP contribution in [0, 0.1) is 5.92 Å². The number of amides is 1. The maximum atomic E-state index is 13.2. The fraction of sp³-hybridized carbons (Fsp3) is 0.458. The second-order valence-electron chi connectivity index (χ2n) is 8.97. The zero-order valence-electron chi connectivity index (χ0n) is 18.4. The Balaban J connectivity index is 1.31. The van der Waals surface area contributed by atoms with Crippen molar-refractivity contribution in [2.45, 2.75) is 38.8 Å². The number of rotatable bonds is 6. The molecular formula is C24H27ClN4O3S. The van der Waals surface area contributed by atoms with Gasteiger partial charge < -0.3 is 14.6 Å². The van der Waals surface area contributed by atoms with Gasteiger partial charge in [-0.25, -0.2) is 4.98 Å². The van der Waals surface area contributed by atoms with Gasteiger partial charge in [0.05, 0.1) is 24.0 Å². The van der Waals surface area contributed by atoms with Gasteiger partial charge in [0.25, 0.3) is 0 Å². The van der Waals surface area contributed by atoms with Crippen molar-refractivity contribution >= 4 is 45.8 Å². The Labute approximate surface area is 201 Å². The number of carbonyl (C=O) groups excluding carboxylic acids is 1. The number of nitrogens with zero attached hydrogens (tertiary/aromatic N) is 4. The number of hydrogen-bond donors (Lipinski definition) is 1. The lowest BCUT2D eigenvalue weighted by atomic mass is 9.93. The Morgan fingerprint density at radius 1 is 1.18 bits per heavy atom. The highest BCUT2D eigenvalue weighted by atomic mass is 35.5. The van der Waals surface area contributed by atoms with Crippen molar-refractivity contribution in [1.29, 1.82) is 0 Å². The number of piperidine rings is 1. The molecule has 0 radical (unpaired) electrons. The first-order valence-corrected chi connectivity index (χ1v) is 12.6. The van der Waals surface area contributed by atoms with Crippen LogP contribution in [0.25, 0.3) is 11.0 Å². The summed E-state index contributed by atoms with van der Waals surface area (Å²) in [6.07, 6.45) is 4.55. The molecule has 5 heterocycles. The summed E-state index contributed by atoms with van der Waals surface area (Å²) >= 11 is 7.73. The van der Waals surface area contributed by atoms with Crippen molar-refractivity contribution in [1.82, 2.24) is 19.4 Å². The maximum Gasteiger partial charge on any atom is 0.303 e. The molecule has 0 aliphatic carbocycles. The quantitative estimate of drug-likeness (QED) is 0.572. The first-order valence-electron chi connectivity index (χ1n) is 11.4. The van der Waals surface area contributed by atoms with E-state index in [9.17, 15) is 9.59 Å². The number of carbonyl (C=O) groups is 2. The monoisotopic (exact) mass is 486 g/mol. The van der Waals surface area contributed by atoms with Crippen molar-refractivity contribution in [2.24, 2.45) is 5.92 Å². The van der Waals surface area contributed by atoms with Crippen molar-refractivity contribution < 1.29 is 14.7 Å². The molecule has 2 aliphatic heterocycles. The number of pyridine rings is 1. The molecule has 0 atom stereocenters. The lowest BCUT2D eigenvalue weighted by Gasteiger charge is -2.34. The summed E-state index contributed by atoms with van der Waals surface area (Å²) in [5.74, 6) is -0.370. The van der Waals surface area contributed by atoms with Crippen LogP contribution in [0.15, 0.2) is 30.5 Å². The molecular weight excluding hydrogens is 460 g/mol. The number of aliphatic carboxylic acids is 1. The van der Waals surface area contributed by atoms with E-state index in [0.717, 1.165) is 52.9 Å². The molecule has 0 spiro atoms. The van der Waals surface area contributed by atoms with Crippen LogP contribution in [0.1, 0.15) is 35.4 Å². The van der Waals surface area contributed by atoms with Crippen LogP contribution >= 0.6 is 22.9 Å². The lowest BCUT2D eigenvalue weighted by Crippen LogP contribution is -2.45. The van der Waals surface area contributed by atoms with E-state index < -0.39 is 5.97 Å². The average molecular weight is 487 g/mol. The van der Waals surface area contributed by atoms with E-state index in [1.807, 2.05) is 29.3 Å². The molecule has 174 valence electrons. The van der Waals surface area contributed by atoms with Crippen LogP contribution in [0.4, 0.5) is 0 Å². The average Bonchev–Trinajstić information content (AvgIpc) is 3.36. The van der Waals surface area contributed by atoms with E-state index in [1.165, 1.54) is 10.9 Å². The minimum Gasteiger partial charge on any atom is -0.481 e. The minimum atomic E-state index is -0.733. The van der Waals surface area contributed by atoms with Gasteiger partial charge in [-0.2, -0.15) is 0 Å². The zero-order valence-corrected chi connectivity index (χ0v) is 19.9. The zero-order chi connectivity index (χ0) is 22.9. The second-order valence-corrected chi connectivity index (χ2v) is 10.8. The van der Waals surface area contributed by atoms with Gasteiger partial charge in [-0.3, -0.25) is 14.5 Å². The van der Waals surface area contributed by atoms with Gasteiger partial charge in [0.2, 0.25) is 5.91 Å². The van der Waals surface area contributed by atoms with Crippen molar-refractivity contribution in [2.75, 3.05) is 26.2 Å². The van der Waals surface area contributed by atoms with Gasteiger partial charge in [-0.1, -0.05) is 11.6 Å². The Kier molecular flexibility index (Phi) is 6.40. The normalized spacial score (nSPS) is 17.4. The number of fused-ring (bicyclic) bond motifs is 3. The van der Waals surface area contributed by atoms with E-state index in [4.69, 9.17) is 16.7 Å². The van der Waals surface area contributed by atoms with Crippen molar-refractivity contribution in [3.05, 3.63) is 50.9 Å². The van der Waals surface area contributed by atoms with E-state index >= 15 is 0 Å². The molecule has 0 unspecified atom stereocenters. The van der Waals surface area contributed by atoms with Gasteiger partial charge in [0, 0.05) is 35.1 Å². The Morgan fingerprint density at radius 3 is 2.73 bits per heavy atom. The van der Waals surface area contributed by atoms with Crippen LogP contribution in [0.2, 0.25) is 4.34 Å². The third-order valence-corrected chi connectivity index (χ3v) is 8.05. The lowest BCUT2D eigenvalue weighted by molar-refractivity contribution is -0.139. The van der Waals surface area contributed by atoms with Gasteiger partial charge in [-0.05, 0) is 68.1 Å². The Bertz CT molecular complexity index is 1180. The van der Waals surface area contributed by atoms with Crippen molar-refractivity contribution in [3.8, 4) is 0 Å². The summed E-state index contributed by atoms with van der Waals surface area (Å²) in [7, 11) is 0. The summed E-state index contributed by atoms with van der Waals surface area (Å²) in [5.41, 5.74) is 3.41. The molecule has 9 heteroatoms. The number of halogens is 1. The molecule has 1 amide bonds. The third kappa shape index (κ3) is 4.78. The molecule has 33 heavy (non-hydrogen) atoms. The van der Waals surface area contributed by atoms with Gasteiger partial charge in [-0.15, -0.1) is 11.3 Å². The van der Waals surface area contributed by atoms with E-state index in [-0.39, 0.29) is 18.2 Å². The van der Waals surface area contributed by atoms with E-state index in [1.54, 1.807) is 11.3 Å². The molecule has 7 nitrogen and oxygen atoms in total. The van der Waals surface area contributed by atoms with Crippen molar-refractivity contribution in [3.63, 3.8) is 0 Å².